The van der Waals surface area contributed by atoms with Crippen LogP contribution in [0, 0.1) is 0 Å². The van der Waals surface area contributed by atoms with Gasteiger partial charge in [0.05, 0.1) is 17.6 Å². The lowest BCUT2D eigenvalue weighted by Gasteiger charge is -2.12. The van der Waals surface area contributed by atoms with E-state index in [1.165, 1.54) is 6.26 Å². The fourth-order valence-electron chi connectivity index (χ4n) is 2.75. The monoisotopic (exact) mass is 386 g/mol. The Morgan fingerprint density at radius 2 is 1.93 bits per heavy atom. The molecule has 0 amide bonds. The van der Waals surface area contributed by atoms with Crippen molar-refractivity contribution in [3.8, 4) is 16.9 Å². The van der Waals surface area contributed by atoms with Crippen LogP contribution in [-0.2, 0) is 9.84 Å². The summed E-state index contributed by atoms with van der Waals surface area (Å²) in [7, 11) is -2.98. The molecule has 9 heteroatoms. The van der Waals surface area contributed by atoms with Crippen LogP contribution in [0.25, 0.3) is 16.9 Å². The van der Waals surface area contributed by atoms with Crippen molar-refractivity contribution >= 4 is 21.3 Å². The first-order valence-corrected chi connectivity index (χ1v) is 10.5. The highest BCUT2D eigenvalue weighted by atomic mass is 32.2. The van der Waals surface area contributed by atoms with Crippen molar-refractivity contribution in [2.24, 2.45) is 0 Å². The van der Waals surface area contributed by atoms with Crippen LogP contribution in [0.15, 0.2) is 43.0 Å². The Bertz CT molecular complexity index is 1060. The van der Waals surface area contributed by atoms with E-state index in [2.05, 4.69) is 15.1 Å². The predicted octanol–water partition coefficient (Wildman–Crippen LogP) is 2.03. The maximum absolute atomic E-state index is 11.4. The van der Waals surface area contributed by atoms with Gasteiger partial charge in [-0.15, -0.1) is 0 Å². The fraction of sp³-hybridized carbons (Fsp3) is 0.278. The molecule has 8 nitrogen and oxygen atoms in total. The van der Waals surface area contributed by atoms with Crippen molar-refractivity contribution < 1.29 is 8.42 Å². The van der Waals surface area contributed by atoms with Gasteiger partial charge in [0.15, 0.2) is 5.82 Å². The molecule has 3 aromatic heterocycles. The second kappa shape index (κ2) is 7.36. The van der Waals surface area contributed by atoms with Gasteiger partial charge in [0, 0.05) is 36.0 Å². The van der Waals surface area contributed by atoms with Gasteiger partial charge in [-0.2, -0.15) is 5.10 Å². The lowest BCUT2D eigenvalue weighted by atomic mass is 10.00. The lowest BCUT2D eigenvalue weighted by molar-refractivity contribution is 0.594. The largest absolute Gasteiger partial charge is 0.395 e. The standard InChI is InChI=1S/C18H22N6O2S/c1-12(5-8-27(2,25)26)13-3-6-21-16(9-13)24-11-14(10-23-24)15-4-7-22-18(20)17(15)19/h3-4,6-7,9-12H,5,8,19H2,1-2H3,(H2,20,22). The van der Waals surface area contributed by atoms with Crippen LogP contribution in [0.4, 0.5) is 11.5 Å². The molecular formula is C18H22N6O2S. The number of hydrogen-bond acceptors (Lipinski definition) is 7. The van der Waals surface area contributed by atoms with E-state index in [1.807, 2.05) is 25.3 Å². The third-order valence-electron chi connectivity index (χ3n) is 4.41. The summed E-state index contributed by atoms with van der Waals surface area (Å²) >= 11 is 0. The molecule has 27 heavy (non-hydrogen) atoms. The quantitative estimate of drug-likeness (QED) is 0.663. The number of pyridine rings is 2. The Kier molecular flexibility index (Phi) is 5.13. The molecule has 0 aliphatic carbocycles. The molecule has 3 rings (SSSR count). The van der Waals surface area contributed by atoms with E-state index < -0.39 is 9.84 Å². The molecule has 0 saturated carbocycles. The van der Waals surface area contributed by atoms with Crippen molar-refractivity contribution in [1.82, 2.24) is 19.7 Å². The summed E-state index contributed by atoms with van der Waals surface area (Å²) < 4.78 is 24.4. The average Bonchev–Trinajstić information content (AvgIpc) is 3.11. The molecular weight excluding hydrogens is 364 g/mol. The lowest BCUT2D eigenvalue weighted by Crippen LogP contribution is -2.07. The molecule has 0 aliphatic rings. The van der Waals surface area contributed by atoms with Gasteiger partial charge in [-0.05, 0) is 36.1 Å². The van der Waals surface area contributed by atoms with Gasteiger partial charge in [-0.1, -0.05) is 6.92 Å². The molecule has 0 aromatic carbocycles. The van der Waals surface area contributed by atoms with Crippen LogP contribution in [0.2, 0.25) is 0 Å². The van der Waals surface area contributed by atoms with Gasteiger partial charge >= 0.3 is 0 Å². The molecule has 1 unspecified atom stereocenters. The first-order valence-electron chi connectivity index (χ1n) is 8.43. The zero-order valence-corrected chi connectivity index (χ0v) is 16.0. The molecule has 3 heterocycles. The number of anilines is 2. The molecule has 0 saturated heterocycles. The number of hydrogen-bond donors (Lipinski definition) is 2. The van der Waals surface area contributed by atoms with Crippen molar-refractivity contribution in [1.29, 1.82) is 0 Å². The average molecular weight is 386 g/mol. The fourth-order valence-corrected chi connectivity index (χ4v) is 3.53. The van der Waals surface area contributed by atoms with Crippen molar-refractivity contribution in [3.05, 3.63) is 48.5 Å². The third kappa shape index (κ3) is 4.43. The van der Waals surface area contributed by atoms with Gasteiger partial charge in [0.1, 0.15) is 15.7 Å². The van der Waals surface area contributed by atoms with Crippen LogP contribution in [0.3, 0.4) is 0 Å². The molecule has 0 bridgehead atoms. The summed E-state index contributed by atoms with van der Waals surface area (Å²) in [5, 5.41) is 4.36. The Hall–Kier alpha value is -2.94. The first kappa shape index (κ1) is 18.8. The number of nitrogens with zero attached hydrogens (tertiary/aromatic N) is 4. The van der Waals surface area contributed by atoms with Gasteiger partial charge < -0.3 is 11.5 Å². The summed E-state index contributed by atoms with van der Waals surface area (Å²) in [6.07, 6.45) is 8.60. The normalized spacial score (nSPS) is 12.8. The molecule has 0 fully saturated rings. The summed E-state index contributed by atoms with van der Waals surface area (Å²) in [4.78, 5) is 8.33. The maximum Gasteiger partial charge on any atom is 0.153 e. The maximum atomic E-state index is 11.4. The highest BCUT2D eigenvalue weighted by Gasteiger charge is 2.13. The molecule has 0 spiro atoms. The highest BCUT2D eigenvalue weighted by Crippen LogP contribution is 2.29. The van der Waals surface area contributed by atoms with Crippen LogP contribution >= 0.6 is 0 Å². The van der Waals surface area contributed by atoms with E-state index >= 15 is 0 Å². The summed E-state index contributed by atoms with van der Waals surface area (Å²) in [6.45, 7) is 2.00. The van der Waals surface area contributed by atoms with E-state index in [9.17, 15) is 8.42 Å². The SMILES string of the molecule is CC(CCS(C)(=O)=O)c1ccnc(-n2cc(-c3ccnc(N)c3N)cn2)c1. The summed E-state index contributed by atoms with van der Waals surface area (Å²) in [5.41, 5.74) is 14.8. The van der Waals surface area contributed by atoms with Gasteiger partial charge in [0.2, 0.25) is 0 Å². The Morgan fingerprint density at radius 1 is 1.19 bits per heavy atom. The minimum Gasteiger partial charge on any atom is -0.395 e. The topological polar surface area (TPSA) is 130 Å². The van der Waals surface area contributed by atoms with Crippen molar-refractivity contribution in [2.45, 2.75) is 19.3 Å². The number of nitrogen functional groups attached to an aromatic ring is 2. The number of sulfone groups is 1. The Balaban J connectivity index is 1.86. The summed E-state index contributed by atoms with van der Waals surface area (Å²) in [6, 6.07) is 5.58. The second-order valence-electron chi connectivity index (χ2n) is 6.60. The van der Waals surface area contributed by atoms with Gasteiger partial charge in [-0.25, -0.2) is 23.1 Å². The first-order chi connectivity index (χ1) is 12.7. The molecule has 0 radical (unpaired) electrons. The minimum atomic E-state index is -2.98. The second-order valence-corrected chi connectivity index (χ2v) is 8.86. The zero-order valence-electron chi connectivity index (χ0n) is 15.2. The number of nitrogens with two attached hydrogens (primary N) is 2. The van der Waals surface area contributed by atoms with Crippen LogP contribution in [0.1, 0.15) is 24.8 Å². The Morgan fingerprint density at radius 3 is 2.67 bits per heavy atom. The third-order valence-corrected chi connectivity index (χ3v) is 5.39. The smallest absolute Gasteiger partial charge is 0.153 e. The van der Waals surface area contributed by atoms with E-state index in [4.69, 9.17) is 11.5 Å². The Labute approximate surface area is 158 Å². The van der Waals surface area contributed by atoms with Crippen LogP contribution in [-0.4, -0.2) is 40.2 Å². The van der Waals surface area contributed by atoms with E-state index in [-0.39, 0.29) is 17.5 Å². The van der Waals surface area contributed by atoms with Gasteiger partial charge in [-0.3, -0.25) is 0 Å². The van der Waals surface area contributed by atoms with Crippen molar-refractivity contribution in [3.63, 3.8) is 0 Å². The van der Waals surface area contributed by atoms with Gasteiger partial charge in [0.25, 0.3) is 0 Å². The zero-order chi connectivity index (χ0) is 19.6. The number of aromatic nitrogens is 4. The molecule has 4 N–H and O–H groups in total. The van der Waals surface area contributed by atoms with Crippen molar-refractivity contribution in [2.75, 3.05) is 23.5 Å². The van der Waals surface area contributed by atoms with E-state index in [0.717, 1.165) is 16.7 Å². The van der Waals surface area contributed by atoms with Crippen LogP contribution in [0.5, 0.6) is 0 Å². The molecule has 1 atom stereocenters. The van der Waals surface area contributed by atoms with E-state index in [1.54, 1.807) is 29.3 Å². The van der Waals surface area contributed by atoms with Crippen LogP contribution < -0.4 is 11.5 Å². The summed E-state index contributed by atoms with van der Waals surface area (Å²) in [5.74, 6) is 1.17. The number of rotatable bonds is 6. The molecule has 142 valence electrons. The highest BCUT2D eigenvalue weighted by molar-refractivity contribution is 7.90. The minimum absolute atomic E-state index is 0.0900. The molecule has 0 aliphatic heterocycles. The predicted molar refractivity (Wildman–Crippen MR) is 106 cm³/mol. The van der Waals surface area contributed by atoms with E-state index in [0.29, 0.717) is 17.9 Å². The molecule has 3 aromatic rings.